The van der Waals surface area contributed by atoms with E-state index in [1.807, 2.05) is 38.1 Å². The summed E-state index contributed by atoms with van der Waals surface area (Å²) >= 11 is 6.05. The lowest BCUT2D eigenvalue weighted by atomic mass is 9.78. The second-order valence-electron chi connectivity index (χ2n) is 7.98. The normalized spacial score (nSPS) is 28.3. The number of likely N-dealkylation sites (tertiary alicyclic amines) is 1. The average Bonchev–Trinajstić information content (AvgIpc) is 3.16. The lowest BCUT2D eigenvalue weighted by molar-refractivity contribution is -0.0231. The summed E-state index contributed by atoms with van der Waals surface area (Å²) < 4.78 is 11.3. The van der Waals surface area contributed by atoms with Gasteiger partial charge in [-0.3, -0.25) is 0 Å². The average molecular weight is 391 g/mol. The van der Waals surface area contributed by atoms with Crippen LogP contribution in [0.15, 0.2) is 28.8 Å². The predicted octanol–water partition coefficient (Wildman–Crippen LogP) is 3.64. The molecule has 1 saturated heterocycles. The van der Waals surface area contributed by atoms with E-state index in [1.54, 1.807) is 0 Å². The van der Waals surface area contributed by atoms with Crippen LogP contribution < -0.4 is 4.74 Å². The van der Waals surface area contributed by atoms with E-state index in [9.17, 15) is 5.11 Å². The highest BCUT2D eigenvalue weighted by molar-refractivity contribution is 6.30. The number of rotatable bonds is 5. The third-order valence-corrected chi connectivity index (χ3v) is 6.34. The topological polar surface area (TPSA) is 58.7 Å². The molecule has 1 saturated carbocycles. The van der Waals surface area contributed by atoms with Crippen molar-refractivity contribution in [3.8, 4) is 5.75 Å². The quantitative estimate of drug-likeness (QED) is 0.844. The molecular weight excluding hydrogens is 364 g/mol. The smallest absolute Gasteiger partial charge is 0.137 e. The van der Waals surface area contributed by atoms with Gasteiger partial charge in [0.2, 0.25) is 0 Å². The molecule has 4 rings (SSSR count). The van der Waals surface area contributed by atoms with Gasteiger partial charge in [0.05, 0.1) is 11.8 Å². The van der Waals surface area contributed by atoms with E-state index in [0.29, 0.717) is 16.9 Å². The van der Waals surface area contributed by atoms with Crippen LogP contribution in [0.4, 0.5) is 0 Å². The van der Waals surface area contributed by atoms with Crippen LogP contribution in [-0.2, 0) is 6.42 Å². The van der Waals surface area contributed by atoms with Crippen LogP contribution in [0.25, 0.3) is 0 Å². The summed E-state index contributed by atoms with van der Waals surface area (Å²) in [6, 6.07) is 7.41. The summed E-state index contributed by atoms with van der Waals surface area (Å²) in [7, 11) is 0. The van der Waals surface area contributed by atoms with Gasteiger partial charge in [-0.15, -0.1) is 0 Å². The highest BCUT2D eigenvalue weighted by Crippen LogP contribution is 2.38. The highest BCUT2D eigenvalue weighted by atomic mass is 35.5. The summed E-state index contributed by atoms with van der Waals surface area (Å²) in [6.45, 7) is 7.11. The van der Waals surface area contributed by atoms with Crippen molar-refractivity contribution in [3.05, 3.63) is 46.3 Å². The summed E-state index contributed by atoms with van der Waals surface area (Å²) in [5.74, 6) is 2.78. The Labute approximate surface area is 165 Å². The molecule has 4 atom stereocenters. The molecule has 2 aliphatic rings. The fourth-order valence-corrected chi connectivity index (χ4v) is 4.82. The van der Waals surface area contributed by atoms with Crippen LogP contribution in [0, 0.1) is 25.7 Å². The van der Waals surface area contributed by atoms with Gasteiger partial charge in [-0.25, -0.2) is 0 Å². The zero-order valence-corrected chi connectivity index (χ0v) is 16.7. The highest BCUT2D eigenvalue weighted by Gasteiger charge is 2.42. The van der Waals surface area contributed by atoms with Crippen LogP contribution in [0.5, 0.6) is 5.75 Å². The Morgan fingerprint density at radius 2 is 2.04 bits per heavy atom. The molecule has 2 aromatic rings. The van der Waals surface area contributed by atoms with Gasteiger partial charge >= 0.3 is 0 Å². The van der Waals surface area contributed by atoms with Crippen molar-refractivity contribution < 1.29 is 14.4 Å². The summed E-state index contributed by atoms with van der Waals surface area (Å²) in [6.07, 6.45) is 2.07. The van der Waals surface area contributed by atoms with E-state index < -0.39 is 6.10 Å². The first-order valence-corrected chi connectivity index (χ1v) is 10.1. The van der Waals surface area contributed by atoms with Crippen LogP contribution in [-0.4, -0.2) is 47.0 Å². The number of aryl methyl sites for hydroxylation is 2. The molecule has 0 amide bonds. The molecule has 2 heterocycles. The van der Waals surface area contributed by atoms with Crippen molar-refractivity contribution in [2.24, 2.45) is 11.8 Å². The SMILES string of the molecule is Cc1noc(C)c1CCN1C[C@H]2C[C@@H](Oc3cccc(Cl)c3)[C@H](O)C[C@H]2C1. The van der Waals surface area contributed by atoms with Crippen molar-refractivity contribution in [2.75, 3.05) is 19.6 Å². The van der Waals surface area contributed by atoms with Gasteiger partial charge in [0, 0.05) is 30.2 Å². The number of aromatic nitrogens is 1. The zero-order valence-electron chi connectivity index (χ0n) is 15.9. The monoisotopic (exact) mass is 390 g/mol. The van der Waals surface area contributed by atoms with Crippen LogP contribution in [0.3, 0.4) is 0 Å². The largest absolute Gasteiger partial charge is 0.488 e. The van der Waals surface area contributed by atoms with Gasteiger partial charge in [-0.05, 0) is 63.1 Å². The number of nitrogens with zero attached hydrogens (tertiary/aromatic N) is 2. The first-order chi connectivity index (χ1) is 13.0. The standard InChI is InChI=1S/C21H27ClN2O3/c1-13-19(14(2)27-23-13)6-7-24-11-15-8-20(25)21(9-16(15)12-24)26-18-5-3-4-17(22)10-18/h3-5,10,15-16,20-21,25H,6-9,11-12H2,1-2H3/t15-,16+,20+,21+/m0/s1. The number of fused-ring (bicyclic) bond motifs is 1. The number of aliphatic hydroxyl groups excluding tert-OH is 1. The second kappa shape index (κ2) is 7.82. The van der Waals surface area contributed by atoms with E-state index >= 15 is 0 Å². The second-order valence-corrected chi connectivity index (χ2v) is 8.42. The molecule has 6 heteroatoms. The van der Waals surface area contributed by atoms with Gasteiger partial charge < -0.3 is 19.3 Å². The molecule has 27 heavy (non-hydrogen) atoms. The van der Waals surface area contributed by atoms with E-state index in [0.717, 1.165) is 56.1 Å². The van der Waals surface area contributed by atoms with Gasteiger partial charge in [0.1, 0.15) is 17.6 Å². The minimum Gasteiger partial charge on any atom is -0.488 e. The first-order valence-electron chi connectivity index (χ1n) is 9.74. The number of benzene rings is 1. The molecule has 1 aromatic heterocycles. The van der Waals surface area contributed by atoms with Gasteiger partial charge in [0.25, 0.3) is 0 Å². The molecule has 2 fully saturated rings. The Kier molecular flexibility index (Phi) is 5.44. The Morgan fingerprint density at radius 3 is 2.74 bits per heavy atom. The number of ether oxygens (including phenoxy) is 1. The lowest BCUT2D eigenvalue weighted by Crippen LogP contribution is -2.42. The molecule has 0 bridgehead atoms. The fraction of sp³-hybridized carbons (Fsp3) is 0.571. The minimum absolute atomic E-state index is 0.160. The number of hydrogen-bond donors (Lipinski definition) is 1. The maximum absolute atomic E-state index is 10.6. The molecule has 0 unspecified atom stereocenters. The fourth-order valence-electron chi connectivity index (χ4n) is 4.64. The van der Waals surface area contributed by atoms with Gasteiger partial charge in [-0.1, -0.05) is 22.8 Å². The predicted molar refractivity (Wildman–Crippen MR) is 104 cm³/mol. The number of aliphatic hydroxyl groups is 1. The molecule has 0 radical (unpaired) electrons. The summed E-state index contributed by atoms with van der Waals surface area (Å²) in [4.78, 5) is 2.51. The van der Waals surface area contributed by atoms with E-state index in [4.69, 9.17) is 20.9 Å². The number of hydrogen-bond acceptors (Lipinski definition) is 5. The molecule has 5 nitrogen and oxygen atoms in total. The third kappa shape index (κ3) is 4.15. The van der Waals surface area contributed by atoms with Crippen LogP contribution >= 0.6 is 11.6 Å². The third-order valence-electron chi connectivity index (χ3n) is 6.10. The van der Waals surface area contributed by atoms with Crippen LogP contribution in [0.1, 0.15) is 29.9 Å². The maximum atomic E-state index is 10.6. The minimum atomic E-state index is -0.423. The molecular formula is C21H27ClN2O3. The molecule has 146 valence electrons. The van der Waals surface area contributed by atoms with Gasteiger partial charge in [0.15, 0.2) is 0 Å². The van der Waals surface area contributed by atoms with E-state index in [-0.39, 0.29) is 6.10 Å². The Hall–Kier alpha value is -1.56. The summed E-state index contributed by atoms with van der Waals surface area (Å²) in [5, 5.41) is 15.3. The van der Waals surface area contributed by atoms with Crippen molar-refractivity contribution in [3.63, 3.8) is 0 Å². The maximum Gasteiger partial charge on any atom is 0.137 e. The molecule has 1 aromatic carbocycles. The molecule has 0 spiro atoms. The first kappa shape index (κ1) is 18.8. The van der Waals surface area contributed by atoms with Crippen molar-refractivity contribution >= 4 is 11.6 Å². The number of halogens is 1. The lowest BCUT2D eigenvalue weighted by Gasteiger charge is -2.35. The van der Waals surface area contributed by atoms with E-state index in [2.05, 4.69) is 10.1 Å². The van der Waals surface area contributed by atoms with Crippen LogP contribution in [0.2, 0.25) is 5.02 Å². The Balaban J connectivity index is 1.34. The van der Waals surface area contributed by atoms with Crippen molar-refractivity contribution in [1.82, 2.24) is 10.1 Å². The van der Waals surface area contributed by atoms with E-state index in [1.165, 1.54) is 5.56 Å². The summed E-state index contributed by atoms with van der Waals surface area (Å²) in [5.41, 5.74) is 2.22. The Bertz CT molecular complexity index is 774. The molecule has 1 aliphatic heterocycles. The Morgan fingerprint density at radius 1 is 1.26 bits per heavy atom. The molecule has 1 N–H and O–H groups in total. The van der Waals surface area contributed by atoms with Crippen molar-refractivity contribution in [2.45, 2.75) is 45.3 Å². The molecule has 1 aliphatic carbocycles. The van der Waals surface area contributed by atoms with Gasteiger partial charge in [-0.2, -0.15) is 0 Å². The zero-order chi connectivity index (χ0) is 19.0. The van der Waals surface area contributed by atoms with Crippen molar-refractivity contribution in [1.29, 1.82) is 0 Å².